The number of rotatable bonds is 4. The molecule has 0 saturated carbocycles. The minimum Gasteiger partial charge on any atom is -0.339 e. The van der Waals surface area contributed by atoms with Gasteiger partial charge in [-0.2, -0.15) is 0 Å². The maximum atomic E-state index is 13.0. The molecule has 2 aromatic carbocycles. The van der Waals surface area contributed by atoms with Gasteiger partial charge in [-0.3, -0.25) is 9.52 Å². The number of likely N-dealkylation sites (tertiary alicyclic amines) is 1. The fraction of sp³-hybridized carbons (Fsp3) is 0.350. The van der Waals surface area contributed by atoms with Crippen molar-refractivity contribution in [1.29, 1.82) is 0 Å². The molecule has 1 fully saturated rings. The Hall–Kier alpha value is -2.12. The van der Waals surface area contributed by atoms with Gasteiger partial charge >= 0.3 is 0 Å². The first kappa shape index (κ1) is 20.6. The molecule has 0 atom stereocenters. The topological polar surface area (TPSA) is 66.5 Å². The number of hydrogen-bond donors (Lipinski definition) is 1. The third-order valence-electron chi connectivity index (χ3n) is 4.72. The summed E-state index contributed by atoms with van der Waals surface area (Å²) < 4.78 is 40.8. The summed E-state index contributed by atoms with van der Waals surface area (Å²) in [5, 5.41) is 0.216. The van der Waals surface area contributed by atoms with E-state index in [1.807, 2.05) is 0 Å². The summed E-state index contributed by atoms with van der Waals surface area (Å²) in [5.74, 6) is -0.721. The van der Waals surface area contributed by atoms with Gasteiger partial charge in [0.1, 0.15) is 5.82 Å². The van der Waals surface area contributed by atoms with Crippen molar-refractivity contribution in [3.05, 3.63) is 58.9 Å². The van der Waals surface area contributed by atoms with E-state index in [1.54, 1.807) is 4.90 Å². The maximum Gasteiger partial charge on any atom is 0.261 e. The monoisotopic (exact) mass is 424 g/mol. The Kier molecular flexibility index (Phi) is 6.57. The summed E-state index contributed by atoms with van der Waals surface area (Å²) in [5.41, 5.74) is 0.400. The van der Waals surface area contributed by atoms with E-state index >= 15 is 0 Å². The number of nitrogens with one attached hydrogen (secondary N) is 1. The SMILES string of the molecule is O=C(c1cc(S(=O)(=O)Nc2ccc(F)cc2)ccc1Cl)N1CCCCCCC1. The molecule has 5 nitrogen and oxygen atoms in total. The van der Waals surface area contributed by atoms with Crippen LogP contribution in [0.15, 0.2) is 47.4 Å². The summed E-state index contributed by atoms with van der Waals surface area (Å²) in [7, 11) is -3.94. The number of halogens is 2. The molecule has 150 valence electrons. The van der Waals surface area contributed by atoms with Crippen LogP contribution in [0, 0.1) is 5.82 Å². The normalized spacial score (nSPS) is 15.6. The zero-order valence-corrected chi connectivity index (χ0v) is 16.9. The number of nitrogens with zero attached hydrogens (tertiary/aromatic N) is 1. The lowest BCUT2D eigenvalue weighted by Gasteiger charge is -2.25. The van der Waals surface area contributed by atoms with Crippen LogP contribution >= 0.6 is 11.6 Å². The molecule has 1 N–H and O–H groups in total. The van der Waals surface area contributed by atoms with E-state index in [9.17, 15) is 17.6 Å². The number of carbonyl (C=O) groups excluding carboxylic acids is 1. The van der Waals surface area contributed by atoms with Gasteiger partial charge in [-0.15, -0.1) is 0 Å². The average Bonchev–Trinajstić information content (AvgIpc) is 2.63. The molecule has 28 heavy (non-hydrogen) atoms. The second kappa shape index (κ2) is 8.92. The third kappa shape index (κ3) is 5.02. The van der Waals surface area contributed by atoms with Crippen LogP contribution in [0.5, 0.6) is 0 Å². The van der Waals surface area contributed by atoms with Crippen LogP contribution in [0.3, 0.4) is 0 Å². The highest BCUT2D eigenvalue weighted by atomic mass is 35.5. The largest absolute Gasteiger partial charge is 0.339 e. The van der Waals surface area contributed by atoms with E-state index < -0.39 is 15.8 Å². The first-order chi connectivity index (χ1) is 13.4. The standard InChI is InChI=1S/C20H22ClFN2O3S/c21-19-11-10-17(28(26,27)23-16-8-6-15(22)7-9-16)14-18(19)20(25)24-12-4-2-1-3-5-13-24/h6-11,14,23H,1-5,12-13H2. The van der Waals surface area contributed by atoms with Crippen molar-refractivity contribution in [2.24, 2.45) is 0 Å². The molecule has 1 saturated heterocycles. The summed E-state index contributed by atoms with van der Waals surface area (Å²) >= 11 is 6.21. The predicted molar refractivity (Wildman–Crippen MR) is 108 cm³/mol. The number of anilines is 1. The van der Waals surface area contributed by atoms with Crippen molar-refractivity contribution in [1.82, 2.24) is 4.90 Å². The molecule has 1 heterocycles. The summed E-state index contributed by atoms with van der Waals surface area (Å²) in [6.07, 6.45) is 5.17. The van der Waals surface area contributed by atoms with Gasteiger partial charge in [0, 0.05) is 18.8 Å². The van der Waals surface area contributed by atoms with E-state index in [-0.39, 0.29) is 27.1 Å². The molecule has 0 unspecified atom stereocenters. The summed E-state index contributed by atoms with van der Waals surface area (Å²) in [6, 6.07) is 9.04. The molecule has 3 rings (SSSR count). The van der Waals surface area contributed by atoms with Crippen LogP contribution in [0.25, 0.3) is 0 Å². The van der Waals surface area contributed by atoms with Crippen molar-refractivity contribution in [3.63, 3.8) is 0 Å². The first-order valence-corrected chi connectivity index (χ1v) is 11.1. The van der Waals surface area contributed by atoms with Crippen LogP contribution < -0.4 is 4.72 Å². The molecule has 0 radical (unpaired) electrons. The van der Waals surface area contributed by atoms with Crippen molar-refractivity contribution in [2.45, 2.75) is 37.0 Å². The smallest absolute Gasteiger partial charge is 0.261 e. The van der Waals surface area contributed by atoms with Gasteiger partial charge < -0.3 is 4.90 Å². The highest BCUT2D eigenvalue weighted by molar-refractivity contribution is 7.92. The van der Waals surface area contributed by atoms with E-state index in [0.29, 0.717) is 13.1 Å². The maximum absolute atomic E-state index is 13.0. The molecule has 1 amide bonds. The van der Waals surface area contributed by atoms with Gasteiger partial charge in [0.2, 0.25) is 0 Å². The van der Waals surface area contributed by atoms with Crippen LogP contribution in [0.4, 0.5) is 10.1 Å². The molecule has 1 aliphatic heterocycles. The lowest BCUT2D eigenvalue weighted by atomic mass is 10.1. The van der Waals surface area contributed by atoms with Gasteiger partial charge in [-0.1, -0.05) is 30.9 Å². The molecule has 0 spiro atoms. The Morgan fingerprint density at radius 1 is 0.964 bits per heavy atom. The second-order valence-corrected chi connectivity index (χ2v) is 8.90. The Morgan fingerprint density at radius 3 is 2.21 bits per heavy atom. The summed E-state index contributed by atoms with van der Waals surface area (Å²) in [6.45, 7) is 1.28. The Labute approximate surface area is 169 Å². The fourth-order valence-corrected chi connectivity index (χ4v) is 4.47. The first-order valence-electron chi connectivity index (χ1n) is 9.24. The van der Waals surface area contributed by atoms with Gasteiger partial charge in [-0.05, 0) is 55.3 Å². The molecular formula is C20H22ClFN2O3S. The highest BCUT2D eigenvalue weighted by Gasteiger charge is 2.23. The molecule has 1 aliphatic rings. The highest BCUT2D eigenvalue weighted by Crippen LogP contribution is 2.25. The van der Waals surface area contributed by atoms with Gasteiger partial charge in [0.25, 0.3) is 15.9 Å². The minimum absolute atomic E-state index is 0.0726. The molecule has 2 aromatic rings. The zero-order valence-electron chi connectivity index (χ0n) is 15.3. The molecule has 8 heteroatoms. The minimum atomic E-state index is -3.94. The average molecular weight is 425 g/mol. The zero-order chi connectivity index (χ0) is 20.1. The van der Waals surface area contributed by atoms with Crippen LogP contribution in [0.1, 0.15) is 42.5 Å². The molecular weight excluding hydrogens is 403 g/mol. The Balaban J connectivity index is 1.85. The Morgan fingerprint density at radius 2 is 1.57 bits per heavy atom. The Bertz CT molecular complexity index is 940. The number of benzene rings is 2. The van der Waals surface area contributed by atoms with Crippen LogP contribution in [-0.2, 0) is 10.0 Å². The van der Waals surface area contributed by atoms with Crippen molar-refractivity contribution in [2.75, 3.05) is 17.8 Å². The quantitative estimate of drug-likeness (QED) is 0.774. The van der Waals surface area contributed by atoms with Crippen molar-refractivity contribution >= 4 is 33.2 Å². The van der Waals surface area contributed by atoms with Crippen LogP contribution in [0.2, 0.25) is 5.02 Å². The lowest BCUT2D eigenvalue weighted by Crippen LogP contribution is -2.34. The van der Waals surface area contributed by atoms with Gasteiger partial charge in [0.15, 0.2) is 0 Å². The number of sulfonamides is 1. The lowest BCUT2D eigenvalue weighted by molar-refractivity contribution is 0.0742. The second-order valence-electron chi connectivity index (χ2n) is 6.81. The van der Waals surface area contributed by atoms with Gasteiger partial charge in [-0.25, -0.2) is 12.8 Å². The number of amides is 1. The fourth-order valence-electron chi connectivity index (χ4n) is 3.19. The van der Waals surface area contributed by atoms with Crippen molar-refractivity contribution < 1.29 is 17.6 Å². The van der Waals surface area contributed by atoms with Gasteiger partial charge in [0.05, 0.1) is 15.5 Å². The predicted octanol–water partition coefficient (Wildman–Crippen LogP) is 4.69. The molecule has 0 bridgehead atoms. The summed E-state index contributed by atoms with van der Waals surface area (Å²) in [4.78, 5) is 14.6. The number of hydrogen-bond acceptors (Lipinski definition) is 3. The molecule has 0 aliphatic carbocycles. The van der Waals surface area contributed by atoms with E-state index in [4.69, 9.17) is 11.6 Å². The van der Waals surface area contributed by atoms with E-state index in [0.717, 1.165) is 37.8 Å². The van der Waals surface area contributed by atoms with Crippen molar-refractivity contribution in [3.8, 4) is 0 Å². The van der Waals surface area contributed by atoms with E-state index in [1.165, 1.54) is 36.8 Å². The molecule has 0 aromatic heterocycles. The number of carbonyl (C=O) groups is 1. The third-order valence-corrected chi connectivity index (χ3v) is 6.43. The van der Waals surface area contributed by atoms with Crippen LogP contribution in [-0.4, -0.2) is 32.3 Å². The van der Waals surface area contributed by atoms with E-state index in [2.05, 4.69) is 4.72 Å².